The fourth-order valence-corrected chi connectivity index (χ4v) is 1.93. The van der Waals surface area contributed by atoms with Crippen molar-refractivity contribution in [3.05, 3.63) is 17.5 Å². The molecule has 1 aliphatic rings. The van der Waals surface area contributed by atoms with Gasteiger partial charge in [-0.1, -0.05) is 0 Å². The molecule has 0 bridgehead atoms. The number of nitrogens with one attached hydrogen (secondary N) is 1. The first-order valence-corrected chi connectivity index (χ1v) is 5.23. The average molecular weight is 208 g/mol. The second-order valence-electron chi connectivity index (χ2n) is 4.06. The van der Waals surface area contributed by atoms with Crippen LogP contribution in [0.3, 0.4) is 0 Å². The van der Waals surface area contributed by atoms with Crippen molar-refractivity contribution >= 4 is 5.91 Å². The van der Waals surface area contributed by atoms with E-state index in [0.717, 1.165) is 25.1 Å². The first kappa shape index (κ1) is 10.2. The van der Waals surface area contributed by atoms with Crippen LogP contribution in [0.5, 0.6) is 0 Å². The molecule has 2 heterocycles. The molecule has 82 valence electrons. The van der Waals surface area contributed by atoms with Crippen LogP contribution in [0, 0.1) is 6.92 Å². The number of hydrogen-bond acceptors (Lipinski definition) is 3. The van der Waals surface area contributed by atoms with E-state index in [0.29, 0.717) is 12.1 Å². The van der Waals surface area contributed by atoms with Gasteiger partial charge in [0, 0.05) is 24.8 Å². The average Bonchev–Trinajstić information content (AvgIpc) is 2.63. The highest BCUT2D eigenvalue weighted by Gasteiger charge is 2.23. The highest BCUT2D eigenvalue weighted by molar-refractivity contribution is 5.95. The number of rotatable bonds is 1. The number of carbonyl (C=O) groups excluding carboxylic acids is 1. The summed E-state index contributed by atoms with van der Waals surface area (Å²) in [7, 11) is 0. The Kier molecular flexibility index (Phi) is 2.73. The van der Waals surface area contributed by atoms with E-state index in [1.165, 1.54) is 0 Å². The molecule has 0 aliphatic carbocycles. The van der Waals surface area contributed by atoms with Crippen LogP contribution in [-0.4, -0.2) is 40.1 Å². The van der Waals surface area contributed by atoms with Crippen molar-refractivity contribution in [2.75, 3.05) is 13.1 Å². The smallest absolute Gasteiger partial charge is 0.257 e. The largest absolute Gasteiger partial charge is 0.337 e. The van der Waals surface area contributed by atoms with Gasteiger partial charge in [-0.15, -0.1) is 0 Å². The van der Waals surface area contributed by atoms with Gasteiger partial charge in [0.05, 0.1) is 11.8 Å². The normalized spacial score (nSPS) is 21.7. The number of H-pyrrole nitrogens is 1. The quantitative estimate of drug-likeness (QED) is 0.696. The van der Waals surface area contributed by atoms with Crippen molar-refractivity contribution in [1.82, 2.24) is 15.1 Å². The number of nitrogens with two attached hydrogens (primary N) is 1. The van der Waals surface area contributed by atoms with E-state index in [1.807, 2.05) is 11.8 Å². The van der Waals surface area contributed by atoms with E-state index in [-0.39, 0.29) is 11.9 Å². The molecule has 0 spiro atoms. The topological polar surface area (TPSA) is 75.0 Å². The van der Waals surface area contributed by atoms with Gasteiger partial charge >= 0.3 is 0 Å². The van der Waals surface area contributed by atoms with Gasteiger partial charge in [0.2, 0.25) is 0 Å². The van der Waals surface area contributed by atoms with Gasteiger partial charge < -0.3 is 10.6 Å². The third kappa shape index (κ3) is 2.02. The molecule has 3 N–H and O–H groups in total. The van der Waals surface area contributed by atoms with Gasteiger partial charge in [0.15, 0.2) is 0 Å². The summed E-state index contributed by atoms with van der Waals surface area (Å²) < 4.78 is 0. The molecule has 1 amide bonds. The molecular formula is C10H16N4O. The van der Waals surface area contributed by atoms with E-state index in [9.17, 15) is 4.79 Å². The molecule has 1 unspecified atom stereocenters. The zero-order chi connectivity index (χ0) is 10.8. The Morgan fingerprint density at radius 1 is 1.73 bits per heavy atom. The van der Waals surface area contributed by atoms with Crippen LogP contribution >= 0.6 is 0 Å². The minimum Gasteiger partial charge on any atom is -0.337 e. The number of amides is 1. The Bertz CT molecular complexity index is 360. The summed E-state index contributed by atoms with van der Waals surface area (Å²) in [6, 6.07) is 0.120. The number of hydrogen-bond donors (Lipinski definition) is 2. The number of aromatic nitrogens is 2. The van der Waals surface area contributed by atoms with Gasteiger partial charge in [-0.25, -0.2) is 0 Å². The summed E-state index contributed by atoms with van der Waals surface area (Å²) in [5.74, 6) is 0.0383. The van der Waals surface area contributed by atoms with E-state index < -0.39 is 0 Å². The molecular weight excluding hydrogens is 192 g/mol. The van der Waals surface area contributed by atoms with Crippen molar-refractivity contribution in [2.45, 2.75) is 25.8 Å². The molecule has 5 heteroatoms. The van der Waals surface area contributed by atoms with Crippen molar-refractivity contribution < 1.29 is 4.79 Å². The maximum Gasteiger partial charge on any atom is 0.257 e. The summed E-state index contributed by atoms with van der Waals surface area (Å²) in [4.78, 5) is 13.8. The molecule has 1 atom stereocenters. The highest BCUT2D eigenvalue weighted by atomic mass is 16.2. The van der Waals surface area contributed by atoms with Crippen LogP contribution in [-0.2, 0) is 0 Å². The van der Waals surface area contributed by atoms with Gasteiger partial charge in [-0.05, 0) is 19.8 Å². The molecule has 5 nitrogen and oxygen atoms in total. The zero-order valence-corrected chi connectivity index (χ0v) is 8.86. The number of nitrogens with zero attached hydrogens (tertiary/aromatic N) is 2. The van der Waals surface area contributed by atoms with Crippen LogP contribution < -0.4 is 5.73 Å². The minimum absolute atomic E-state index is 0.0383. The van der Waals surface area contributed by atoms with Crippen molar-refractivity contribution in [3.63, 3.8) is 0 Å². The fraction of sp³-hybridized carbons (Fsp3) is 0.600. The molecule has 0 aromatic carbocycles. The Labute approximate surface area is 88.6 Å². The first-order chi connectivity index (χ1) is 7.18. The monoisotopic (exact) mass is 208 g/mol. The number of aromatic amines is 1. The standard InChI is InChI=1S/C10H16N4O/c1-7-9(5-12-13-7)10(15)14-4-2-3-8(11)6-14/h5,8H,2-4,6,11H2,1H3,(H,12,13). The maximum absolute atomic E-state index is 12.0. The molecule has 1 aromatic heterocycles. The molecule has 0 saturated carbocycles. The van der Waals surface area contributed by atoms with Gasteiger partial charge in [-0.2, -0.15) is 5.10 Å². The lowest BCUT2D eigenvalue weighted by molar-refractivity contribution is 0.0708. The SMILES string of the molecule is Cc1[nH]ncc1C(=O)N1CCCC(N)C1. The van der Waals surface area contributed by atoms with Crippen molar-refractivity contribution in [1.29, 1.82) is 0 Å². The van der Waals surface area contributed by atoms with Crippen LogP contribution in [0.25, 0.3) is 0 Å². The van der Waals surface area contributed by atoms with Gasteiger partial charge in [-0.3, -0.25) is 9.89 Å². The van der Waals surface area contributed by atoms with Crippen LogP contribution in [0.15, 0.2) is 6.20 Å². The van der Waals surface area contributed by atoms with Gasteiger partial charge in [0.1, 0.15) is 0 Å². The Hall–Kier alpha value is -1.36. The predicted octanol–water partition coefficient (Wildman–Crippen LogP) is 0.281. The third-order valence-electron chi connectivity index (χ3n) is 2.81. The van der Waals surface area contributed by atoms with Crippen LogP contribution in [0.4, 0.5) is 0 Å². The number of piperidine rings is 1. The molecule has 1 aliphatic heterocycles. The number of aryl methyl sites for hydroxylation is 1. The highest BCUT2D eigenvalue weighted by Crippen LogP contribution is 2.13. The summed E-state index contributed by atoms with van der Waals surface area (Å²) in [5.41, 5.74) is 7.31. The lowest BCUT2D eigenvalue weighted by Gasteiger charge is -2.30. The Morgan fingerprint density at radius 3 is 3.13 bits per heavy atom. The predicted molar refractivity (Wildman–Crippen MR) is 56.4 cm³/mol. The summed E-state index contributed by atoms with van der Waals surface area (Å²) in [6.07, 6.45) is 3.58. The van der Waals surface area contributed by atoms with E-state index in [1.54, 1.807) is 6.20 Å². The minimum atomic E-state index is 0.0383. The number of likely N-dealkylation sites (tertiary alicyclic amines) is 1. The third-order valence-corrected chi connectivity index (χ3v) is 2.81. The second kappa shape index (κ2) is 4.02. The summed E-state index contributed by atoms with van der Waals surface area (Å²) >= 11 is 0. The zero-order valence-electron chi connectivity index (χ0n) is 8.86. The maximum atomic E-state index is 12.0. The van der Waals surface area contributed by atoms with Crippen molar-refractivity contribution in [3.8, 4) is 0 Å². The lowest BCUT2D eigenvalue weighted by atomic mass is 10.1. The first-order valence-electron chi connectivity index (χ1n) is 5.23. The number of carbonyl (C=O) groups is 1. The van der Waals surface area contributed by atoms with E-state index in [4.69, 9.17) is 5.73 Å². The fourth-order valence-electron chi connectivity index (χ4n) is 1.93. The van der Waals surface area contributed by atoms with E-state index in [2.05, 4.69) is 10.2 Å². The second-order valence-corrected chi connectivity index (χ2v) is 4.06. The summed E-state index contributed by atoms with van der Waals surface area (Å²) in [6.45, 7) is 3.31. The molecule has 15 heavy (non-hydrogen) atoms. The Balaban J connectivity index is 2.11. The molecule has 0 radical (unpaired) electrons. The Morgan fingerprint density at radius 2 is 2.53 bits per heavy atom. The molecule has 2 rings (SSSR count). The lowest BCUT2D eigenvalue weighted by Crippen LogP contribution is -2.45. The molecule has 1 fully saturated rings. The van der Waals surface area contributed by atoms with E-state index >= 15 is 0 Å². The van der Waals surface area contributed by atoms with Gasteiger partial charge in [0.25, 0.3) is 5.91 Å². The van der Waals surface area contributed by atoms with Crippen molar-refractivity contribution in [2.24, 2.45) is 5.73 Å². The van der Waals surface area contributed by atoms with Crippen LogP contribution in [0.2, 0.25) is 0 Å². The van der Waals surface area contributed by atoms with Crippen LogP contribution in [0.1, 0.15) is 28.9 Å². The summed E-state index contributed by atoms with van der Waals surface area (Å²) in [5, 5.41) is 6.62. The molecule has 1 saturated heterocycles. The molecule has 1 aromatic rings.